The predicted octanol–water partition coefficient (Wildman–Crippen LogP) is 3.66. The molecule has 0 bridgehead atoms. The van der Waals surface area contributed by atoms with Gasteiger partial charge in [-0.25, -0.2) is 14.9 Å². The number of hydroxylamine groups is 1. The van der Waals surface area contributed by atoms with Crippen LogP contribution in [-0.2, 0) is 22.7 Å². The summed E-state index contributed by atoms with van der Waals surface area (Å²) in [5.41, 5.74) is 3.69. The van der Waals surface area contributed by atoms with E-state index in [4.69, 9.17) is 9.25 Å². The van der Waals surface area contributed by atoms with Crippen LogP contribution in [0.1, 0.15) is 17.9 Å². The van der Waals surface area contributed by atoms with Gasteiger partial charge in [-0.15, -0.1) is 0 Å². The van der Waals surface area contributed by atoms with E-state index in [0.29, 0.717) is 30.2 Å². The van der Waals surface area contributed by atoms with E-state index in [2.05, 4.69) is 10.5 Å². The number of carbonyl (C=O) groups is 1. The maximum absolute atomic E-state index is 13.7. The fraction of sp³-hybridized carbons (Fsp3) is 0.158. The average Bonchev–Trinajstić information content (AvgIpc) is 3.10. The summed E-state index contributed by atoms with van der Waals surface area (Å²) in [6, 6.07) is 15.8. The average molecular weight is 340 g/mol. The van der Waals surface area contributed by atoms with Gasteiger partial charge in [0.05, 0.1) is 18.4 Å². The van der Waals surface area contributed by atoms with Crippen molar-refractivity contribution >= 4 is 5.91 Å². The number of oxazole rings is 1. The van der Waals surface area contributed by atoms with Gasteiger partial charge in [0.1, 0.15) is 5.82 Å². The number of benzene rings is 2. The molecule has 0 spiro atoms. The quantitative estimate of drug-likeness (QED) is 0.667. The van der Waals surface area contributed by atoms with Gasteiger partial charge in [-0.3, -0.25) is 9.63 Å². The fourth-order valence-corrected chi connectivity index (χ4v) is 2.26. The third kappa shape index (κ3) is 4.74. The maximum atomic E-state index is 13.7. The highest BCUT2D eigenvalue weighted by molar-refractivity contribution is 5.74. The second-order valence-corrected chi connectivity index (χ2v) is 5.40. The van der Waals surface area contributed by atoms with Gasteiger partial charge in [-0.2, -0.15) is 0 Å². The Morgan fingerprint density at radius 3 is 2.68 bits per heavy atom. The summed E-state index contributed by atoms with van der Waals surface area (Å²) < 4.78 is 19.2. The van der Waals surface area contributed by atoms with Crippen LogP contribution >= 0.6 is 0 Å². The van der Waals surface area contributed by atoms with E-state index in [9.17, 15) is 9.18 Å². The first-order valence-electron chi connectivity index (χ1n) is 7.86. The first-order chi connectivity index (χ1) is 12.2. The van der Waals surface area contributed by atoms with E-state index in [0.717, 1.165) is 5.56 Å². The number of aromatic nitrogens is 1. The molecule has 0 aliphatic carbocycles. The van der Waals surface area contributed by atoms with E-state index >= 15 is 0 Å². The van der Waals surface area contributed by atoms with Gasteiger partial charge in [0.2, 0.25) is 5.91 Å². The third-order valence-electron chi connectivity index (χ3n) is 3.53. The smallest absolute Gasteiger partial charge is 0.244 e. The van der Waals surface area contributed by atoms with Crippen molar-refractivity contribution in [2.75, 3.05) is 0 Å². The Balaban J connectivity index is 1.46. The Morgan fingerprint density at radius 1 is 1.12 bits per heavy atom. The Morgan fingerprint density at radius 2 is 1.88 bits per heavy atom. The van der Waals surface area contributed by atoms with Gasteiger partial charge in [-0.05, 0) is 17.7 Å². The molecule has 3 aromatic rings. The number of aryl methyl sites for hydroxylation is 1. The van der Waals surface area contributed by atoms with Crippen LogP contribution in [0, 0.1) is 5.82 Å². The monoisotopic (exact) mass is 340 g/mol. The van der Waals surface area contributed by atoms with Gasteiger partial charge in [0.15, 0.2) is 11.7 Å². The highest BCUT2D eigenvalue weighted by Crippen LogP contribution is 2.23. The lowest BCUT2D eigenvalue weighted by Gasteiger charge is -2.05. The number of carbonyl (C=O) groups excluding carboxylic acids is 1. The molecule has 0 fully saturated rings. The number of nitrogens with one attached hydrogen (secondary N) is 1. The van der Waals surface area contributed by atoms with Crippen molar-refractivity contribution in [2.24, 2.45) is 0 Å². The molecule has 0 aliphatic heterocycles. The largest absolute Gasteiger partial charge is 0.441 e. The number of amides is 1. The van der Waals surface area contributed by atoms with Crippen LogP contribution < -0.4 is 5.48 Å². The normalized spacial score (nSPS) is 10.6. The number of hydrogen-bond acceptors (Lipinski definition) is 4. The second kappa shape index (κ2) is 8.21. The van der Waals surface area contributed by atoms with Crippen molar-refractivity contribution < 1.29 is 18.4 Å². The van der Waals surface area contributed by atoms with Crippen LogP contribution in [0.2, 0.25) is 0 Å². The van der Waals surface area contributed by atoms with Crippen molar-refractivity contribution in [3.05, 3.63) is 78.1 Å². The van der Waals surface area contributed by atoms with Gasteiger partial charge >= 0.3 is 0 Å². The van der Waals surface area contributed by atoms with Crippen LogP contribution in [0.15, 0.2) is 65.2 Å². The molecule has 0 unspecified atom stereocenters. The summed E-state index contributed by atoms with van der Waals surface area (Å²) in [7, 11) is 0. The summed E-state index contributed by atoms with van der Waals surface area (Å²) in [5.74, 6) is 0.0594. The standard InChI is InChI=1S/C19H17FN2O3/c20-16-9-5-4-8-15(16)17-12-21-19(25-17)11-10-18(23)22-24-13-14-6-2-1-3-7-14/h1-9,12H,10-11,13H2,(H,22,23). The molecule has 0 saturated heterocycles. The molecule has 1 N–H and O–H groups in total. The minimum Gasteiger partial charge on any atom is -0.441 e. The van der Waals surface area contributed by atoms with E-state index < -0.39 is 0 Å². The molecule has 6 heteroatoms. The van der Waals surface area contributed by atoms with Gasteiger partial charge in [0, 0.05) is 12.8 Å². The molecule has 3 rings (SSSR count). The second-order valence-electron chi connectivity index (χ2n) is 5.40. The van der Waals surface area contributed by atoms with E-state index in [1.165, 1.54) is 12.3 Å². The molecule has 0 atom stereocenters. The number of hydrogen-bond donors (Lipinski definition) is 1. The van der Waals surface area contributed by atoms with Crippen molar-refractivity contribution in [2.45, 2.75) is 19.4 Å². The van der Waals surface area contributed by atoms with Crippen molar-refractivity contribution in [1.82, 2.24) is 10.5 Å². The van der Waals surface area contributed by atoms with Crippen molar-refractivity contribution in [3.63, 3.8) is 0 Å². The molecule has 1 heterocycles. The molecular formula is C19H17FN2O3. The Bertz CT molecular complexity index is 833. The van der Waals surface area contributed by atoms with E-state index in [-0.39, 0.29) is 18.1 Å². The SMILES string of the molecule is O=C(CCc1ncc(-c2ccccc2F)o1)NOCc1ccccc1. The Hall–Kier alpha value is -2.99. The minimum atomic E-state index is -0.378. The third-order valence-corrected chi connectivity index (χ3v) is 3.53. The maximum Gasteiger partial charge on any atom is 0.244 e. The molecule has 0 radical (unpaired) electrons. The molecule has 0 saturated carbocycles. The van der Waals surface area contributed by atoms with Gasteiger partial charge in [0.25, 0.3) is 0 Å². The van der Waals surface area contributed by atoms with E-state index in [1.54, 1.807) is 18.2 Å². The van der Waals surface area contributed by atoms with Crippen LogP contribution in [0.3, 0.4) is 0 Å². The van der Waals surface area contributed by atoms with Crippen molar-refractivity contribution in [1.29, 1.82) is 0 Å². The molecule has 2 aromatic carbocycles. The molecule has 0 aliphatic rings. The first kappa shape index (κ1) is 16.9. The topological polar surface area (TPSA) is 64.4 Å². The van der Waals surface area contributed by atoms with Gasteiger partial charge in [-0.1, -0.05) is 42.5 Å². The van der Waals surface area contributed by atoms with Crippen LogP contribution in [-0.4, -0.2) is 10.9 Å². The van der Waals surface area contributed by atoms with Crippen LogP contribution in [0.5, 0.6) is 0 Å². The highest BCUT2D eigenvalue weighted by atomic mass is 19.1. The number of rotatable bonds is 7. The molecule has 25 heavy (non-hydrogen) atoms. The van der Waals surface area contributed by atoms with Crippen molar-refractivity contribution in [3.8, 4) is 11.3 Å². The zero-order valence-electron chi connectivity index (χ0n) is 13.4. The Kier molecular flexibility index (Phi) is 5.53. The molecule has 1 amide bonds. The summed E-state index contributed by atoms with van der Waals surface area (Å²) in [6.07, 6.45) is 1.92. The lowest BCUT2D eigenvalue weighted by atomic mass is 10.2. The molecular weight excluding hydrogens is 323 g/mol. The summed E-state index contributed by atoms with van der Waals surface area (Å²) >= 11 is 0. The summed E-state index contributed by atoms with van der Waals surface area (Å²) in [5, 5.41) is 0. The number of halogens is 1. The zero-order valence-corrected chi connectivity index (χ0v) is 13.4. The van der Waals surface area contributed by atoms with Crippen LogP contribution in [0.4, 0.5) is 4.39 Å². The first-order valence-corrected chi connectivity index (χ1v) is 7.86. The molecule has 5 nitrogen and oxygen atoms in total. The molecule has 1 aromatic heterocycles. The minimum absolute atomic E-state index is 0.159. The number of nitrogens with zero attached hydrogens (tertiary/aromatic N) is 1. The van der Waals surface area contributed by atoms with Gasteiger partial charge < -0.3 is 4.42 Å². The molecule has 128 valence electrons. The van der Waals surface area contributed by atoms with E-state index in [1.807, 2.05) is 30.3 Å². The lowest BCUT2D eigenvalue weighted by Crippen LogP contribution is -2.23. The van der Waals surface area contributed by atoms with Crippen LogP contribution in [0.25, 0.3) is 11.3 Å². The summed E-state index contributed by atoms with van der Waals surface area (Å²) in [6.45, 7) is 0.295. The zero-order chi connectivity index (χ0) is 17.5. The fourth-order valence-electron chi connectivity index (χ4n) is 2.26. The Labute approximate surface area is 144 Å². The lowest BCUT2D eigenvalue weighted by molar-refractivity contribution is -0.134. The summed E-state index contributed by atoms with van der Waals surface area (Å²) in [4.78, 5) is 21.0. The highest BCUT2D eigenvalue weighted by Gasteiger charge is 2.11. The predicted molar refractivity (Wildman–Crippen MR) is 89.6 cm³/mol.